The molecule has 0 bridgehead atoms. The van der Waals surface area contributed by atoms with Crippen LogP contribution in [0.5, 0.6) is 0 Å². The van der Waals surface area contributed by atoms with E-state index in [1.165, 1.54) is 0 Å². The van der Waals surface area contributed by atoms with E-state index in [9.17, 15) is 0 Å². The van der Waals surface area contributed by atoms with Gasteiger partial charge in [0.1, 0.15) is 0 Å². The minimum absolute atomic E-state index is 0. The average Bonchev–Trinajstić information content (AvgIpc) is 1.50. The molecule has 0 aromatic carbocycles. The van der Waals surface area contributed by atoms with Crippen molar-refractivity contribution in [2.45, 2.75) is 0 Å². The average molecular weight is 216 g/mol. The predicted octanol–water partition coefficient (Wildman–Crippen LogP) is -1.98. The van der Waals surface area contributed by atoms with E-state index in [1.54, 1.807) is 0 Å². The zero-order valence-electron chi connectivity index (χ0n) is 3.47. The molecule has 0 aliphatic carbocycles. The van der Waals surface area contributed by atoms with Gasteiger partial charge < -0.3 is 9.94 Å². The van der Waals surface area contributed by atoms with Crippen LogP contribution >= 0.6 is 0 Å². The van der Waals surface area contributed by atoms with Crippen LogP contribution in [0.1, 0.15) is 0 Å². The van der Waals surface area contributed by atoms with Gasteiger partial charge in [0.25, 0.3) is 0 Å². The second kappa shape index (κ2) is 64.0. The quantitative estimate of drug-likeness (QED) is 0.440. The number of rotatable bonds is 0. The molecule has 6 heavy (non-hydrogen) atoms. The van der Waals surface area contributed by atoms with E-state index in [0.717, 1.165) is 20.4 Å². The van der Waals surface area contributed by atoms with Crippen LogP contribution in [0.3, 0.4) is 0 Å². The summed E-state index contributed by atoms with van der Waals surface area (Å²) in [7, 11) is 0.611. The van der Waals surface area contributed by atoms with Crippen LogP contribution in [-0.2, 0) is 28.2 Å². The van der Waals surface area contributed by atoms with Gasteiger partial charge in [0, 0.05) is 0 Å². The predicted molar refractivity (Wildman–Crippen MR) is 19.0 cm³/mol. The molecule has 0 saturated heterocycles. The van der Waals surface area contributed by atoms with Crippen molar-refractivity contribution in [3.05, 3.63) is 0 Å². The first-order valence-electron chi connectivity index (χ1n) is 0.493. The third-order valence-electron chi connectivity index (χ3n) is 0. The van der Waals surface area contributed by atoms with E-state index in [0.29, 0.717) is 10.1 Å². The Kier molecular flexibility index (Phi) is 262. The van der Waals surface area contributed by atoms with Crippen molar-refractivity contribution in [1.82, 2.24) is 0 Å². The molecule has 1 N–H and O–H groups in total. The molecule has 0 spiro atoms. The van der Waals surface area contributed by atoms with Crippen LogP contribution in [0.4, 0.5) is 0 Å². The molecule has 0 heterocycles. The SMILES string of the molecule is O=[SiH2].[OH-].[O]=[Ti].[SrH+]. The topological polar surface area (TPSA) is 64.1 Å². The number of hydrogen-bond donors (Lipinski definition) is 0. The summed E-state index contributed by atoms with van der Waals surface area (Å²) in [5.74, 6) is 0. The zero-order chi connectivity index (χ0) is 4.00. The summed E-state index contributed by atoms with van der Waals surface area (Å²) in [5, 5.41) is 0. The Morgan fingerprint density at radius 1 is 1.17 bits per heavy atom. The zero-order valence-corrected chi connectivity index (χ0v) is 11.4. The van der Waals surface area contributed by atoms with Gasteiger partial charge in [0.05, 0.1) is 0 Å². The first-order chi connectivity index (χ1) is 2.00. The van der Waals surface area contributed by atoms with Gasteiger partial charge in [0.2, 0.25) is 10.1 Å². The maximum absolute atomic E-state index is 8.28. The Labute approximate surface area is 87.7 Å². The molecular weight excluding hydrogens is 212 g/mol. The van der Waals surface area contributed by atoms with Crippen LogP contribution in [-0.4, -0.2) is 61.1 Å². The van der Waals surface area contributed by atoms with E-state index in [2.05, 4.69) is 0 Å². The van der Waals surface area contributed by atoms with Crippen molar-refractivity contribution in [2.75, 3.05) is 0 Å². The summed E-state index contributed by atoms with van der Waals surface area (Å²) in [5.41, 5.74) is 0. The summed E-state index contributed by atoms with van der Waals surface area (Å²) in [6.45, 7) is 0. The van der Waals surface area contributed by atoms with Crippen molar-refractivity contribution in [3.63, 3.8) is 0 Å². The normalized spacial score (nSPS) is 1.17. The van der Waals surface area contributed by atoms with Crippen molar-refractivity contribution in [1.29, 1.82) is 0 Å². The van der Waals surface area contributed by atoms with Gasteiger partial charge in [-0.05, 0) is 0 Å². The first-order valence-corrected chi connectivity index (χ1v) is 1.71. The molecular formula is H4O3SiSrTi. The second-order valence-corrected chi connectivity index (χ2v) is 0. The van der Waals surface area contributed by atoms with E-state index in [1.807, 2.05) is 0 Å². The molecule has 3 nitrogen and oxygen atoms in total. The summed E-state index contributed by atoms with van der Waals surface area (Å²) in [6.07, 6.45) is 0. The molecule has 6 heteroatoms. The minimum atomic E-state index is 0. The Hall–Kier alpha value is 1.97. The van der Waals surface area contributed by atoms with Gasteiger partial charge in [-0.25, -0.2) is 0 Å². The molecule has 0 amide bonds. The summed E-state index contributed by atoms with van der Waals surface area (Å²) < 4.78 is 16.5. The fraction of sp³-hybridized carbons (Fsp3) is 0. The van der Waals surface area contributed by atoms with Crippen molar-refractivity contribution >= 4 is 55.6 Å². The second-order valence-electron chi connectivity index (χ2n) is 0. The van der Waals surface area contributed by atoms with Gasteiger partial charge in [-0.3, -0.25) is 0 Å². The van der Waals surface area contributed by atoms with Crippen LogP contribution in [0.25, 0.3) is 0 Å². The van der Waals surface area contributed by atoms with E-state index in [4.69, 9.17) is 7.79 Å². The number of hydrogen-bond acceptors (Lipinski definition) is 3. The van der Waals surface area contributed by atoms with Gasteiger partial charge in [-0.2, -0.15) is 0 Å². The Bertz CT molecular complexity index is 12.8. The summed E-state index contributed by atoms with van der Waals surface area (Å²) in [4.78, 5) is 0. The van der Waals surface area contributed by atoms with Crippen LogP contribution in [0.2, 0.25) is 0 Å². The van der Waals surface area contributed by atoms with Gasteiger partial charge >= 0.3 is 69.2 Å². The van der Waals surface area contributed by atoms with E-state index in [-0.39, 0.29) is 51.0 Å². The molecule has 0 aromatic heterocycles. The summed E-state index contributed by atoms with van der Waals surface area (Å²) >= 11 is 0.750. The molecule has 0 atom stereocenters. The van der Waals surface area contributed by atoms with Crippen LogP contribution in [0.15, 0.2) is 0 Å². The Morgan fingerprint density at radius 3 is 1.17 bits per heavy atom. The van der Waals surface area contributed by atoms with Gasteiger partial charge in [-0.15, -0.1) is 0 Å². The summed E-state index contributed by atoms with van der Waals surface area (Å²) in [6, 6.07) is 0. The third-order valence-corrected chi connectivity index (χ3v) is 0. The molecule has 0 aromatic rings. The van der Waals surface area contributed by atoms with Crippen LogP contribution < -0.4 is 0 Å². The third kappa shape index (κ3) is 38.0. The van der Waals surface area contributed by atoms with Gasteiger partial charge in [-0.1, -0.05) is 0 Å². The fourth-order valence-electron chi connectivity index (χ4n) is 0. The molecule has 0 rings (SSSR count). The van der Waals surface area contributed by atoms with Gasteiger partial charge in [0.15, 0.2) is 0 Å². The Balaban J connectivity index is -0.00000000500. The van der Waals surface area contributed by atoms with Crippen molar-refractivity contribution in [3.8, 4) is 0 Å². The molecule has 0 radical (unpaired) electrons. The van der Waals surface area contributed by atoms with E-state index >= 15 is 0 Å². The molecule has 0 aliphatic heterocycles. The molecule has 0 unspecified atom stereocenters. The Morgan fingerprint density at radius 2 is 1.17 bits per heavy atom. The van der Waals surface area contributed by atoms with Crippen LogP contribution in [0, 0.1) is 0 Å². The standard InChI is InChI=1S/H2OSi.H2O.O.Sr.Ti.H/c1-2;;;;;/h2H2;1H2;;;;/q;;;+1;;/p-1. The fourth-order valence-corrected chi connectivity index (χ4v) is 0. The molecule has 0 saturated carbocycles. The molecule has 32 valence electrons. The van der Waals surface area contributed by atoms with E-state index < -0.39 is 0 Å². The van der Waals surface area contributed by atoms with Crippen molar-refractivity contribution < 1.29 is 33.7 Å². The maximum atomic E-state index is 8.28. The monoisotopic (exact) mass is 216 g/mol. The molecule has 0 fully saturated rings. The van der Waals surface area contributed by atoms with Crippen molar-refractivity contribution in [2.24, 2.45) is 0 Å². The first kappa shape index (κ1) is 24.6. The molecule has 0 aliphatic rings.